The topological polar surface area (TPSA) is 28.6 Å². The zero-order valence-electron chi connectivity index (χ0n) is 14.4. The SMILES string of the molecule is Fc1cccc([C@H]2CN(Cc3ccc(N4CCCC4)nc3)CCO2)c1. The number of benzene rings is 1. The van der Waals surface area contributed by atoms with Gasteiger partial charge in [-0.05, 0) is 42.2 Å². The first-order valence-corrected chi connectivity index (χ1v) is 9.07. The molecule has 0 N–H and O–H groups in total. The summed E-state index contributed by atoms with van der Waals surface area (Å²) in [5.41, 5.74) is 2.12. The Kier molecular flexibility index (Phi) is 4.95. The Labute approximate surface area is 148 Å². The Morgan fingerprint density at radius 3 is 2.76 bits per heavy atom. The Morgan fingerprint density at radius 1 is 1.12 bits per heavy atom. The molecule has 5 heteroatoms. The van der Waals surface area contributed by atoms with Crippen molar-refractivity contribution < 1.29 is 9.13 Å². The van der Waals surface area contributed by atoms with Crippen molar-refractivity contribution in [2.24, 2.45) is 0 Å². The molecule has 25 heavy (non-hydrogen) atoms. The molecule has 2 aromatic rings. The van der Waals surface area contributed by atoms with Crippen LogP contribution in [-0.4, -0.2) is 42.7 Å². The fourth-order valence-electron chi connectivity index (χ4n) is 3.66. The monoisotopic (exact) mass is 341 g/mol. The molecule has 0 aliphatic carbocycles. The maximum absolute atomic E-state index is 13.5. The highest BCUT2D eigenvalue weighted by molar-refractivity contribution is 5.40. The van der Waals surface area contributed by atoms with E-state index in [1.807, 2.05) is 12.3 Å². The van der Waals surface area contributed by atoms with Crippen LogP contribution < -0.4 is 4.90 Å². The Hall–Kier alpha value is -1.98. The fraction of sp³-hybridized carbons (Fsp3) is 0.450. The van der Waals surface area contributed by atoms with Gasteiger partial charge in [0.15, 0.2) is 0 Å². The van der Waals surface area contributed by atoms with Crippen molar-refractivity contribution in [3.63, 3.8) is 0 Å². The average Bonchev–Trinajstić information content (AvgIpc) is 3.17. The van der Waals surface area contributed by atoms with Crippen LogP contribution in [0.1, 0.15) is 30.1 Å². The summed E-state index contributed by atoms with van der Waals surface area (Å²) < 4.78 is 19.3. The van der Waals surface area contributed by atoms with E-state index in [9.17, 15) is 4.39 Å². The van der Waals surface area contributed by atoms with E-state index in [-0.39, 0.29) is 11.9 Å². The summed E-state index contributed by atoms with van der Waals surface area (Å²) in [6.45, 7) is 5.41. The molecule has 0 saturated carbocycles. The third kappa shape index (κ3) is 3.99. The molecule has 1 aromatic heterocycles. The number of anilines is 1. The zero-order valence-corrected chi connectivity index (χ0v) is 14.4. The molecule has 2 saturated heterocycles. The predicted molar refractivity (Wildman–Crippen MR) is 96.1 cm³/mol. The smallest absolute Gasteiger partial charge is 0.128 e. The van der Waals surface area contributed by atoms with Gasteiger partial charge in [-0.1, -0.05) is 18.2 Å². The molecule has 2 fully saturated rings. The van der Waals surface area contributed by atoms with Gasteiger partial charge in [-0.15, -0.1) is 0 Å². The molecule has 2 aliphatic heterocycles. The van der Waals surface area contributed by atoms with Crippen LogP contribution in [-0.2, 0) is 11.3 Å². The lowest BCUT2D eigenvalue weighted by molar-refractivity contribution is -0.0330. The van der Waals surface area contributed by atoms with Crippen molar-refractivity contribution in [1.82, 2.24) is 9.88 Å². The van der Waals surface area contributed by atoms with Crippen LogP contribution in [0.3, 0.4) is 0 Å². The minimum Gasteiger partial charge on any atom is -0.371 e. The van der Waals surface area contributed by atoms with Crippen molar-refractivity contribution in [2.75, 3.05) is 37.7 Å². The van der Waals surface area contributed by atoms with Gasteiger partial charge in [0, 0.05) is 38.9 Å². The van der Waals surface area contributed by atoms with E-state index in [1.54, 1.807) is 12.1 Å². The summed E-state index contributed by atoms with van der Waals surface area (Å²) in [6, 6.07) is 11.0. The van der Waals surface area contributed by atoms with Crippen LogP contribution in [0.4, 0.5) is 10.2 Å². The van der Waals surface area contributed by atoms with Gasteiger partial charge in [0.25, 0.3) is 0 Å². The van der Waals surface area contributed by atoms with Crippen LogP contribution in [0.15, 0.2) is 42.6 Å². The van der Waals surface area contributed by atoms with Gasteiger partial charge in [-0.25, -0.2) is 9.37 Å². The van der Waals surface area contributed by atoms with Gasteiger partial charge in [0.1, 0.15) is 11.6 Å². The predicted octanol–water partition coefficient (Wildman–Crippen LogP) is 3.39. The van der Waals surface area contributed by atoms with E-state index in [2.05, 4.69) is 26.9 Å². The van der Waals surface area contributed by atoms with Crippen LogP contribution >= 0.6 is 0 Å². The second-order valence-electron chi connectivity index (χ2n) is 6.87. The van der Waals surface area contributed by atoms with Crippen LogP contribution in [0.2, 0.25) is 0 Å². The highest BCUT2D eigenvalue weighted by Crippen LogP contribution is 2.24. The third-order valence-electron chi connectivity index (χ3n) is 5.02. The van der Waals surface area contributed by atoms with Gasteiger partial charge < -0.3 is 9.64 Å². The first-order chi connectivity index (χ1) is 12.3. The summed E-state index contributed by atoms with van der Waals surface area (Å²) in [5, 5.41) is 0. The van der Waals surface area contributed by atoms with Gasteiger partial charge in [0.2, 0.25) is 0 Å². The van der Waals surface area contributed by atoms with Crippen molar-refractivity contribution in [3.8, 4) is 0 Å². The molecule has 0 bridgehead atoms. The molecule has 4 rings (SSSR count). The summed E-state index contributed by atoms with van der Waals surface area (Å²) in [7, 11) is 0. The lowest BCUT2D eigenvalue weighted by Crippen LogP contribution is -2.37. The van der Waals surface area contributed by atoms with Gasteiger partial charge in [0.05, 0.1) is 12.7 Å². The summed E-state index contributed by atoms with van der Waals surface area (Å²) >= 11 is 0. The van der Waals surface area contributed by atoms with E-state index in [0.29, 0.717) is 6.61 Å². The highest BCUT2D eigenvalue weighted by Gasteiger charge is 2.22. The number of aromatic nitrogens is 1. The van der Waals surface area contributed by atoms with Crippen molar-refractivity contribution in [1.29, 1.82) is 0 Å². The largest absolute Gasteiger partial charge is 0.371 e. The van der Waals surface area contributed by atoms with Crippen molar-refractivity contribution in [2.45, 2.75) is 25.5 Å². The summed E-state index contributed by atoms with van der Waals surface area (Å²) in [6.07, 6.45) is 4.44. The number of rotatable bonds is 4. The maximum Gasteiger partial charge on any atom is 0.128 e. The highest BCUT2D eigenvalue weighted by atomic mass is 19.1. The number of halogens is 1. The quantitative estimate of drug-likeness (QED) is 0.852. The Bertz CT molecular complexity index is 700. The van der Waals surface area contributed by atoms with Gasteiger partial charge >= 0.3 is 0 Å². The Morgan fingerprint density at radius 2 is 2.00 bits per heavy atom. The lowest BCUT2D eigenvalue weighted by atomic mass is 10.1. The molecule has 132 valence electrons. The van der Waals surface area contributed by atoms with E-state index >= 15 is 0 Å². The average molecular weight is 341 g/mol. The zero-order chi connectivity index (χ0) is 17.1. The normalized spacial score (nSPS) is 21.6. The second-order valence-corrected chi connectivity index (χ2v) is 6.87. The Balaban J connectivity index is 1.38. The first kappa shape index (κ1) is 16.5. The standard InChI is InChI=1S/C20H24FN3O/c21-18-5-3-4-17(12-18)19-15-23(10-11-25-19)14-16-6-7-20(22-13-16)24-8-1-2-9-24/h3-7,12-13,19H,1-2,8-11,14-15H2/t19-/m1/s1. The number of morpholine rings is 1. The number of nitrogens with zero attached hydrogens (tertiary/aromatic N) is 3. The molecule has 0 radical (unpaired) electrons. The molecular formula is C20H24FN3O. The molecular weight excluding hydrogens is 317 g/mol. The van der Waals surface area contributed by atoms with Crippen LogP contribution in [0, 0.1) is 5.82 Å². The number of ether oxygens (including phenoxy) is 1. The van der Waals surface area contributed by atoms with Crippen molar-refractivity contribution >= 4 is 5.82 Å². The van der Waals surface area contributed by atoms with Gasteiger partial charge in [-0.3, -0.25) is 4.90 Å². The van der Waals surface area contributed by atoms with E-state index < -0.39 is 0 Å². The third-order valence-corrected chi connectivity index (χ3v) is 5.02. The van der Waals surface area contributed by atoms with Crippen LogP contribution in [0.5, 0.6) is 0 Å². The first-order valence-electron chi connectivity index (χ1n) is 9.07. The second kappa shape index (κ2) is 7.50. The van der Waals surface area contributed by atoms with E-state index in [4.69, 9.17) is 4.74 Å². The molecule has 1 atom stereocenters. The van der Waals surface area contributed by atoms with Crippen LogP contribution in [0.25, 0.3) is 0 Å². The molecule has 0 unspecified atom stereocenters. The molecule has 0 amide bonds. The number of hydrogen-bond donors (Lipinski definition) is 0. The van der Waals surface area contributed by atoms with Crippen molar-refractivity contribution in [3.05, 3.63) is 59.5 Å². The molecule has 3 heterocycles. The minimum atomic E-state index is -0.208. The molecule has 1 aromatic carbocycles. The van der Waals surface area contributed by atoms with Gasteiger partial charge in [-0.2, -0.15) is 0 Å². The maximum atomic E-state index is 13.5. The minimum absolute atomic E-state index is 0.0683. The summed E-state index contributed by atoms with van der Waals surface area (Å²) in [5.74, 6) is 0.876. The summed E-state index contributed by atoms with van der Waals surface area (Å²) in [4.78, 5) is 9.33. The molecule has 2 aliphatic rings. The molecule has 4 nitrogen and oxygen atoms in total. The van der Waals surface area contributed by atoms with E-state index in [1.165, 1.54) is 24.5 Å². The fourth-order valence-corrected chi connectivity index (χ4v) is 3.66. The lowest BCUT2D eigenvalue weighted by Gasteiger charge is -2.33. The van der Waals surface area contributed by atoms with E-state index in [0.717, 1.165) is 44.1 Å². The number of pyridine rings is 1. The number of hydrogen-bond acceptors (Lipinski definition) is 4. The molecule has 0 spiro atoms.